The molecule has 24 heavy (non-hydrogen) atoms. The monoisotopic (exact) mass is 330 g/mol. The Labute approximate surface area is 148 Å². The van der Waals surface area contributed by atoms with Crippen LogP contribution in [0.15, 0.2) is 60.8 Å². The van der Waals surface area contributed by atoms with Crippen LogP contribution >= 0.6 is 0 Å². The van der Waals surface area contributed by atoms with Gasteiger partial charge in [0.2, 0.25) is 0 Å². The molecular formula is C22H34O2. The zero-order valence-electron chi connectivity index (χ0n) is 15.2. The Kier molecular flexibility index (Phi) is 17.8. The molecule has 0 aliphatic rings. The minimum Gasteiger partial charge on any atom is -0.481 e. The molecule has 0 saturated heterocycles. The van der Waals surface area contributed by atoms with E-state index < -0.39 is 5.97 Å². The lowest BCUT2D eigenvalue weighted by molar-refractivity contribution is -0.137. The van der Waals surface area contributed by atoms with Crippen LogP contribution in [-0.4, -0.2) is 11.1 Å². The van der Waals surface area contributed by atoms with Gasteiger partial charge in [0, 0.05) is 6.42 Å². The van der Waals surface area contributed by atoms with Crippen molar-refractivity contribution in [2.45, 2.75) is 71.1 Å². The van der Waals surface area contributed by atoms with Crippen LogP contribution in [0.4, 0.5) is 0 Å². The van der Waals surface area contributed by atoms with E-state index in [0.717, 1.165) is 57.8 Å². The third-order valence-corrected chi connectivity index (χ3v) is 3.42. The highest BCUT2D eigenvalue weighted by Gasteiger charge is 1.94. The van der Waals surface area contributed by atoms with Gasteiger partial charge in [0.1, 0.15) is 0 Å². The number of carboxylic acid groups (broad SMARTS) is 1. The van der Waals surface area contributed by atoms with Gasteiger partial charge in [0.05, 0.1) is 0 Å². The summed E-state index contributed by atoms with van der Waals surface area (Å²) < 4.78 is 0. The quantitative estimate of drug-likeness (QED) is 0.265. The molecular weight excluding hydrogens is 296 g/mol. The fraction of sp³-hybridized carbons (Fsp3) is 0.500. The summed E-state index contributed by atoms with van der Waals surface area (Å²) in [6.07, 6.45) is 31.3. The van der Waals surface area contributed by atoms with Crippen molar-refractivity contribution in [3.63, 3.8) is 0 Å². The molecule has 0 saturated carbocycles. The molecule has 0 heterocycles. The minimum absolute atomic E-state index is 0.297. The van der Waals surface area contributed by atoms with Gasteiger partial charge in [-0.05, 0) is 51.4 Å². The Morgan fingerprint density at radius 2 is 1.12 bits per heavy atom. The molecule has 0 radical (unpaired) electrons. The Morgan fingerprint density at radius 3 is 1.58 bits per heavy atom. The minimum atomic E-state index is -0.690. The number of carbonyl (C=O) groups is 1. The first-order valence-corrected chi connectivity index (χ1v) is 9.24. The Hall–Kier alpha value is -1.83. The summed E-state index contributed by atoms with van der Waals surface area (Å²) >= 11 is 0. The van der Waals surface area contributed by atoms with Crippen molar-refractivity contribution in [3.8, 4) is 0 Å². The van der Waals surface area contributed by atoms with Crippen LogP contribution in [0.1, 0.15) is 71.1 Å². The summed E-state index contributed by atoms with van der Waals surface area (Å²) in [6, 6.07) is 0. The van der Waals surface area contributed by atoms with E-state index >= 15 is 0 Å². The smallest absolute Gasteiger partial charge is 0.303 e. The molecule has 0 aliphatic heterocycles. The lowest BCUT2D eigenvalue weighted by Gasteiger charge is -1.94. The van der Waals surface area contributed by atoms with Gasteiger partial charge in [-0.2, -0.15) is 0 Å². The second kappa shape index (κ2) is 19.2. The molecule has 0 aromatic rings. The van der Waals surface area contributed by atoms with Crippen molar-refractivity contribution < 1.29 is 9.90 Å². The third-order valence-electron chi connectivity index (χ3n) is 3.42. The number of unbranched alkanes of at least 4 members (excludes halogenated alkanes) is 3. The lowest BCUT2D eigenvalue weighted by atomic mass is 10.1. The first-order valence-electron chi connectivity index (χ1n) is 9.24. The maximum Gasteiger partial charge on any atom is 0.303 e. The first-order chi connectivity index (χ1) is 11.8. The standard InChI is InChI=1S/C22H34O2/c1-2-3-4-5-6-7-8-9-10-11-12-13-14-15-16-17-18-19-20-21-22(23)24/h3-4,6-7,9-10,12-13,15-16H,2,5,8,11,14,17-21H2,1H3,(H,23,24)/b4-3+,7-6-,10-9+,13-12+,16-15+. The molecule has 134 valence electrons. The van der Waals surface area contributed by atoms with Crippen molar-refractivity contribution in [2.24, 2.45) is 0 Å². The summed E-state index contributed by atoms with van der Waals surface area (Å²) in [5.41, 5.74) is 0. The largest absolute Gasteiger partial charge is 0.481 e. The van der Waals surface area contributed by atoms with E-state index in [2.05, 4.69) is 67.7 Å². The van der Waals surface area contributed by atoms with E-state index in [9.17, 15) is 4.79 Å². The number of aliphatic carboxylic acids is 1. The topological polar surface area (TPSA) is 37.3 Å². The number of carboxylic acids is 1. The lowest BCUT2D eigenvalue weighted by Crippen LogP contribution is -1.93. The Bertz CT molecular complexity index is 425. The maximum atomic E-state index is 10.3. The molecule has 0 spiro atoms. The van der Waals surface area contributed by atoms with Crippen LogP contribution in [0, 0.1) is 0 Å². The predicted molar refractivity (Wildman–Crippen MR) is 105 cm³/mol. The first kappa shape index (κ1) is 22.2. The summed E-state index contributed by atoms with van der Waals surface area (Å²) in [7, 11) is 0. The van der Waals surface area contributed by atoms with Gasteiger partial charge in [0.15, 0.2) is 0 Å². The van der Waals surface area contributed by atoms with Gasteiger partial charge in [-0.15, -0.1) is 0 Å². The molecule has 0 aliphatic carbocycles. The summed E-state index contributed by atoms with van der Waals surface area (Å²) in [5.74, 6) is -0.690. The molecule has 0 atom stereocenters. The summed E-state index contributed by atoms with van der Waals surface area (Å²) in [4.78, 5) is 10.3. The van der Waals surface area contributed by atoms with E-state index in [-0.39, 0.29) is 0 Å². The summed E-state index contributed by atoms with van der Waals surface area (Å²) in [6.45, 7) is 2.15. The molecule has 1 N–H and O–H groups in total. The fourth-order valence-corrected chi connectivity index (χ4v) is 2.08. The third kappa shape index (κ3) is 20.2. The van der Waals surface area contributed by atoms with Gasteiger partial charge in [-0.1, -0.05) is 74.1 Å². The van der Waals surface area contributed by atoms with Crippen LogP contribution in [0.25, 0.3) is 0 Å². The van der Waals surface area contributed by atoms with Gasteiger partial charge in [-0.3, -0.25) is 4.79 Å². The highest BCUT2D eigenvalue weighted by molar-refractivity contribution is 5.66. The van der Waals surface area contributed by atoms with Crippen LogP contribution < -0.4 is 0 Å². The van der Waals surface area contributed by atoms with E-state index in [1.807, 2.05) is 0 Å². The van der Waals surface area contributed by atoms with Crippen LogP contribution in [0.3, 0.4) is 0 Å². The van der Waals surface area contributed by atoms with Crippen LogP contribution in [0.5, 0.6) is 0 Å². The van der Waals surface area contributed by atoms with Crippen molar-refractivity contribution in [1.29, 1.82) is 0 Å². The van der Waals surface area contributed by atoms with Gasteiger partial charge >= 0.3 is 5.97 Å². The highest BCUT2D eigenvalue weighted by Crippen LogP contribution is 2.04. The number of hydrogen-bond acceptors (Lipinski definition) is 1. The Morgan fingerprint density at radius 1 is 0.667 bits per heavy atom. The van der Waals surface area contributed by atoms with E-state index in [4.69, 9.17) is 5.11 Å². The zero-order valence-corrected chi connectivity index (χ0v) is 15.2. The zero-order chi connectivity index (χ0) is 17.7. The van der Waals surface area contributed by atoms with Crippen molar-refractivity contribution in [2.75, 3.05) is 0 Å². The van der Waals surface area contributed by atoms with E-state index in [0.29, 0.717) is 6.42 Å². The SMILES string of the molecule is CC/C=C/C/C=C\C/C=C/C/C=C/C/C=C/CCCCCC(=O)O. The normalized spacial score (nSPS) is 12.7. The fourth-order valence-electron chi connectivity index (χ4n) is 2.08. The molecule has 0 amide bonds. The number of rotatable bonds is 15. The average Bonchev–Trinajstić information content (AvgIpc) is 2.56. The Balaban J connectivity index is 3.42. The predicted octanol–water partition coefficient (Wildman–Crippen LogP) is 6.77. The van der Waals surface area contributed by atoms with Crippen LogP contribution in [0.2, 0.25) is 0 Å². The molecule has 0 bridgehead atoms. The van der Waals surface area contributed by atoms with Crippen molar-refractivity contribution >= 4 is 5.97 Å². The number of allylic oxidation sites excluding steroid dienone is 10. The van der Waals surface area contributed by atoms with E-state index in [1.54, 1.807) is 0 Å². The molecule has 0 fully saturated rings. The number of hydrogen-bond donors (Lipinski definition) is 1. The van der Waals surface area contributed by atoms with Gasteiger partial charge < -0.3 is 5.11 Å². The van der Waals surface area contributed by atoms with Crippen LogP contribution in [-0.2, 0) is 4.79 Å². The molecule has 0 aromatic heterocycles. The molecule has 2 nitrogen and oxygen atoms in total. The van der Waals surface area contributed by atoms with Crippen molar-refractivity contribution in [3.05, 3.63) is 60.8 Å². The molecule has 0 unspecified atom stereocenters. The maximum absolute atomic E-state index is 10.3. The van der Waals surface area contributed by atoms with Gasteiger partial charge in [0.25, 0.3) is 0 Å². The average molecular weight is 331 g/mol. The second-order valence-electron chi connectivity index (χ2n) is 5.70. The molecule has 2 heteroatoms. The molecule has 0 rings (SSSR count). The van der Waals surface area contributed by atoms with E-state index in [1.165, 1.54) is 0 Å². The second-order valence-corrected chi connectivity index (χ2v) is 5.70. The highest BCUT2D eigenvalue weighted by atomic mass is 16.4. The summed E-state index contributed by atoms with van der Waals surface area (Å²) in [5, 5.41) is 8.52. The van der Waals surface area contributed by atoms with Gasteiger partial charge in [-0.25, -0.2) is 0 Å². The van der Waals surface area contributed by atoms with Crippen molar-refractivity contribution in [1.82, 2.24) is 0 Å². The molecule has 0 aromatic carbocycles.